The number of anilines is 1. The maximum absolute atomic E-state index is 13.3. The summed E-state index contributed by atoms with van der Waals surface area (Å²) in [6, 6.07) is 10.3. The average molecular weight is 480 g/mol. The fourth-order valence-corrected chi connectivity index (χ4v) is 4.21. The molecule has 1 N–H and O–H groups in total. The summed E-state index contributed by atoms with van der Waals surface area (Å²) in [6.45, 7) is 1.14. The Hall–Kier alpha value is -2.92. The summed E-state index contributed by atoms with van der Waals surface area (Å²) in [5.74, 6) is -0.408. The van der Waals surface area contributed by atoms with Crippen LogP contribution >= 0.6 is 11.8 Å². The van der Waals surface area contributed by atoms with Gasteiger partial charge in [-0.3, -0.25) is 9.36 Å². The van der Waals surface area contributed by atoms with E-state index in [-0.39, 0.29) is 23.4 Å². The van der Waals surface area contributed by atoms with Crippen molar-refractivity contribution in [3.63, 3.8) is 0 Å². The highest BCUT2D eigenvalue weighted by molar-refractivity contribution is 7.99. The monoisotopic (exact) mass is 480 g/mol. The molecule has 0 aliphatic carbocycles. The van der Waals surface area contributed by atoms with E-state index in [9.17, 15) is 22.4 Å². The first-order valence-electron chi connectivity index (χ1n) is 10.2. The van der Waals surface area contributed by atoms with Gasteiger partial charge in [-0.15, -0.1) is 10.2 Å². The number of ether oxygens (including phenoxy) is 1. The molecule has 1 atom stereocenters. The molecule has 0 unspecified atom stereocenters. The van der Waals surface area contributed by atoms with E-state index < -0.39 is 17.6 Å². The summed E-state index contributed by atoms with van der Waals surface area (Å²) < 4.78 is 59.5. The van der Waals surface area contributed by atoms with Crippen LogP contribution in [0.15, 0.2) is 53.7 Å². The minimum atomic E-state index is -4.50. The predicted molar refractivity (Wildman–Crippen MR) is 115 cm³/mol. The van der Waals surface area contributed by atoms with E-state index in [1.165, 1.54) is 24.3 Å². The number of carbonyl (C=O) groups is 1. The number of carbonyl (C=O) groups excluding carboxylic acids is 1. The summed E-state index contributed by atoms with van der Waals surface area (Å²) in [7, 11) is 0. The maximum Gasteiger partial charge on any atom is 0.416 e. The summed E-state index contributed by atoms with van der Waals surface area (Å²) in [6.07, 6.45) is -2.70. The standard InChI is InChI=1S/C22H20F4N4O2S/c23-16-8-6-14(7-9-16)20-28-29-21(30(20)12-18-5-2-10-32-18)33-13-19(31)27-17-4-1-3-15(11-17)22(24,25)26/h1,3-4,6-9,11,18H,2,5,10,12-13H2,(H,27,31)/t18-/m1/s1. The molecule has 0 radical (unpaired) electrons. The van der Waals surface area contributed by atoms with Crippen LogP contribution in [0.1, 0.15) is 18.4 Å². The third kappa shape index (κ3) is 5.91. The Morgan fingerprint density at radius 1 is 1.18 bits per heavy atom. The van der Waals surface area contributed by atoms with E-state index >= 15 is 0 Å². The number of alkyl halides is 3. The van der Waals surface area contributed by atoms with Gasteiger partial charge in [0, 0.05) is 17.9 Å². The van der Waals surface area contributed by atoms with Crippen molar-refractivity contribution in [2.75, 3.05) is 17.7 Å². The highest BCUT2D eigenvalue weighted by atomic mass is 32.2. The summed E-state index contributed by atoms with van der Waals surface area (Å²) in [5.41, 5.74) is -0.112. The number of aromatic nitrogens is 3. The number of nitrogens with zero attached hydrogens (tertiary/aromatic N) is 3. The van der Waals surface area contributed by atoms with Crippen LogP contribution in [0, 0.1) is 5.82 Å². The lowest BCUT2D eigenvalue weighted by Crippen LogP contribution is -2.18. The van der Waals surface area contributed by atoms with Crippen molar-refractivity contribution >= 4 is 23.4 Å². The first-order valence-corrected chi connectivity index (χ1v) is 11.2. The van der Waals surface area contributed by atoms with Crippen molar-refractivity contribution in [1.82, 2.24) is 14.8 Å². The van der Waals surface area contributed by atoms with E-state index in [1.807, 2.05) is 4.57 Å². The van der Waals surface area contributed by atoms with E-state index in [0.717, 1.165) is 36.7 Å². The molecule has 1 amide bonds. The molecule has 11 heteroatoms. The second-order valence-corrected chi connectivity index (χ2v) is 8.42. The Bertz CT molecular complexity index is 1110. The second kappa shape index (κ2) is 9.92. The number of rotatable bonds is 7. The number of hydrogen-bond acceptors (Lipinski definition) is 5. The lowest BCUT2D eigenvalue weighted by molar-refractivity contribution is -0.137. The van der Waals surface area contributed by atoms with E-state index in [2.05, 4.69) is 15.5 Å². The third-order valence-corrected chi connectivity index (χ3v) is 6.00. The largest absolute Gasteiger partial charge is 0.416 e. The SMILES string of the molecule is O=C(CSc1nnc(-c2ccc(F)cc2)n1C[C@H]1CCCO1)Nc1cccc(C(F)(F)F)c1. The zero-order valence-electron chi connectivity index (χ0n) is 17.3. The zero-order chi connectivity index (χ0) is 23.4. The van der Waals surface area contributed by atoms with Crippen LogP contribution in [-0.2, 0) is 22.3 Å². The summed E-state index contributed by atoms with van der Waals surface area (Å²) in [4.78, 5) is 12.4. The molecule has 4 rings (SSSR count). The van der Waals surface area contributed by atoms with Crippen molar-refractivity contribution in [3.8, 4) is 11.4 Å². The maximum atomic E-state index is 13.3. The van der Waals surface area contributed by atoms with Gasteiger partial charge in [0.05, 0.1) is 24.0 Å². The molecule has 2 heterocycles. The lowest BCUT2D eigenvalue weighted by Gasteiger charge is -2.15. The Kier molecular flexibility index (Phi) is 6.99. The number of benzene rings is 2. The van der Waals surface area contributed by atoms with Crippen LogP contribution in [0.4, 0.5) is 23.2 Å². The number of nitrogens with one attached hydrogen (secondary N) is 1. The van der Waals surface area contributed by atoms with Crippen LogP contribution in [0.5, 0.6) is 0 Å². The molecule has 6 nitrogen and oxygen atoms in total. The molecule has 33 heavy (non-hydrogen) atoms. The van der Waals surface area contributed by atoms with Gasteiger partial charge >= 0.3 is 6.18 Å². The average Bonchev–Trinajstić information content (AvgIpc) is 3.43. The van der Waals surface area contributed by atoms with Gasteiger partial charge in [0.25, 0.3) is 0 Å². The zero-order valence-corrected chi connectivity index (χ0v) is 18.1. The molecule has 1 aliphatic heterocycles. The molecule has 3 aromatic rings. The first kappa shape index (κ1) is 23.2. The van der Waals surface area contributed by atoms with Crippen LogP contribution in [0.25, 0.3) is 11.4 Å². The fourth-order valence-electron chi connectivity index (χ4n) is 3.46. The van der Waals surface area contributed by atoms with Gasteiger partial charge in [-0.1, -0.05) is 17.8 Å². The molecular formula is C22H20F4N4O2S. The molecule has 0 spiro atoms. The van der Waals surface area contributed by atoms with Crippen LogP contribution < -0.4 is 5.32 Å². The smallest absolute Gasteiger partial charge is 0.376 e. The van der Waals surface area contributed by atoms with Crippen LogP contribution in [-0.4, -0.2) is 39.1 Å². The fraction of sp³-hybridized carbons (Fsp3) is 0.318. The quantitative estimate of drug-likeness (QED) is 0.380. The van der Waals surface area contributed by atoms with Crippen molar-refractivity contribution in [3.05, 3.63) is 59.9 Å². The highest BCUT2D eigenvalue weighted by Gasteiger charge is 2.30. The van der Waals surface area contributed by atoms with Crippen LogP contribution in [0.2, 0.25) is 0 Å². The number of amides is 1. The van der Waals surface area contributed by atoms with Crippen molar-refractivity contribution in [2.45, 2.75) is 36.8 Å². The predicted octanol–water partition coefficient (Wildman–Crippen LogP) is 5.01. The topological polar surface area (TPSA) is 69.0 Å². The van der Waals surface area contributed by atoms with Gasteiger partial charge < -0.3 is 10.1 Å². The van der Waals surface area contributed by atoms with Gasteiger partial charge in [-0.2, -0.15) is 13.2 Å². The van der Waals surface area contributed by atoms with E-state index in [1.54, 1.807) is 12.1 Å². The molecule has 0 bridgehead atoms. The summed E-state index contributed by atoms with van der Waals surface area (Å²) >= 11 is 1.11. The Morgan fingerprint density at radius 3 is 2.67 bits per heavy atom. The second-order valence-electron chi connectivity index (χ2n) is 7.47. The molecule has 0 saturated carbocycles. The molecule has 1 fully saturated rings. The minimum absolute atomic E-state index is 0.0292. The first-order chi connectivity index (χ1) is 15.8. The van der Waals surface area contributed by atoms with Crippen LogP contribution in [0.3, 0.4) is 0 Å². The minimum Gasteiger partial charge on any atom is -0.376 e. The molecule has 2 aromatic carbocycles. The van der Waals surface area contributed by atoms with Gasteiger partial charge in [0.1, 0.15) is 5.82 Å². The van der Waals surface area contributed by atoms with Gasteiger partial charge in [0.15, 0.2) is 11.0 Å². The highest BCUT2D eigenvalue weighted by Crippen LogP contribution is 2.31. The molecular weight excluding hydrogens is 460 g/mol. The lowest BCUT2D eigenvalue weighted by atomic mass is 10.2. The summed E-state index contributed by atoms with van der Waals surface area (Å²) in [5, 5.41) is 11.3. The van der Waals surface area contributed by atoms with E-state index in [0.29, 0.717) is 29.7 Å². The third-order valence-electron chi connectivity index (χ3n) is 5.04. The van der Waals surface area contributed by atoms with Crippen molar-refractivity contribution in [2.24, 2.45) is 0 Å². The molecule has 1 aromatic heterocycles. The number of hydrogen-bond donors (Lipinski definition) is 1. The van der Waals surface area contributed by atoms with Gasteiger partial charge in [-0.25, -0.2) is 4.39 Å². The van der Waals surface area contributed by atoms with Crippen molar-refractivity contribution < 1.29 is 27.1 Å². The number of halogens is 4. The van der Waals surface area contributed by atoms with Crippen molar-refractivity contribution in [1.29, 1.82) is 0 Å². The Labute approximate surface area is 191 Å². The molecule has 1 aliphatic rings. The number of thioether (sulfide) groups is 1. The van der Waals surface area contributed by atoms with Gasteiger partial charge in [0.2, 0.25) is 5.91 Å². The Morgan fingerprint density at radius 2 is 1.97 bits per heavy atom. The normalized spacial score (nSPS) is 16.2. The molecule has 174 valence electrons. The van der Waals surface area contributed by atoms with Gasteiger partial charge in [-0.05, 0) is 55.3 Å². The van der Waals surface area contributed by atoms with E-state index in [4.69, 9.17) is 4.74 Å². The molecule has 1 saturated heterocycles. The Balaban J connectivity index is 1.48.